The van der Waals surface area contributed by atoms with E-state index < -0.39 is 46.0 Å². The topological polar surface area (TPSA) is 189 Å². The molecule has 2 aromatic carbocycles. The van der Waals surface area contributed by atoms with Crippen LogP contribution in [0, 0.1) is 10.1 Å². The summed E-state index contributed by atoms with van der Waals surface area (Å²) in [5.74, 6) is -4.01. The number of nitrogens with zero attached hydrogens (tertiary/aromatic N) is 1. The SMILES string of the molecule is CC(=O)Oc1cc2c(c([N+](=O)[O-])c1O)COC2=O.CC(=O)Oc1cc2c(cc1O)COC2=O. The second kappa shape index (κ2) is 8.82. The number of benzene rings is 2. The number of hydrogen-bond acceptors (Lipinski definition) is 12. The molecule has 33 heavy (non-hydrogen) atoms. The van der Waals surface area contributed by atoms with Gasteiger partial charge in [0.1, 0.15) is 13.2 Å². The predicted octanol–water partition coefficient (Wildman–Crippen LogP) is 1.88. The molecule has 0 saturated heterocycles. The Morgan fingerprint density at radius 3 is 2.09 bits per heavy atom. The highest BCUT2D eigenvalue weighted by Crippen LogP contribution is 2.43. The van der Waals surface area contributed by atoms with Crippen molar-refractivity contribution in [2.24, 2.45) is 0 Å². The summed E-state index contributed by atoms with van der Waals surface area (Å²) < 4.78 is 18.7. The molecule has 2 aliphatic rings. The standard InChI is InChI=1S/C10H7NO7.C10H8O5/c1-4(12)18-7-2-5-6(3-17-10(5)14)8(9(7)13)11(15)16;1-5(11)15-9-3-7-6(2-8(9)12)4-14-10(7)13/h2,13H,3H2,1H3;2-3,12H,4H2,1H3. The first kappa shape index (κ1) is 23.0. The molecule has 2 heterocycles. The fraction of sp³-hybridized carbons (Fsp3) is 0.200. The number of ether oxygens (including phenoxy) is 4. The van der Waals surface area contributed by atoms with Crippen molar-refractivity contribution >= 4 is 29.6 Å². The molecule has 172 valence electrons. The summed E-state index contributed by atoms with van der Waals surface area (Å²) in [4.78, 5) is 54.0. The Balaban J connectivity index is 0.000000189. The van der Waals surface area contributed by atoms with Crippen molar-refractivity contribution in [3.05, 3.63) is 50.6 Å². The summed E-state index contributed by atoms with van der Waals surface area (Å²) in [5, 5.41) is 30.0. The second-order valence-electron chi connectivity index (χ2n) is 6.67. The molecule has 13 heteroatoms. The van der Waals surface area contributed by atoms with Crippen LogP contribution < -0.4 is 9.47 Å². The highest BCUT2D eigenvalue weighted by Gasteiger charge is 2.35. The van der Waals surface area contributed by atoms with Gasteiger partial charge in [-0.1, -0.05) is 0 Å². The van der Waals surface area contributed by atoms with Crippen molar-refractivity contribution in [1.29, 1.82) is 0 Å². The highest BCUT2D eigenvalue weighted by atomic mass is 16.6. The zero-order valence-electron chi connectivity index (χ0n) is 17.1. The molecule has 0 radical (unpaired) electrons. The van der Waals surface area contributed by atoms with Gasteiger partial charge in [-0.25, -0.2) is 9.59 Å². The lowest BCUT2D eigenvalue weighted by atomic mass is 10.1. The molecular formula is C20H15NO12. The maximum atomic E-state index is 11.3. The predicted molar refractivity (Wildman–Crippen MR) is 104 cm³/mol. The van der Waals surface area contributed by atoms with E-state index in [-0.39, 0.29) is 35.8 Å². The van der Waals surface area contributed by atoms with E-state index in [9.17, 15) is 39.5 Å². The molecule has 2 aliphatic heterocycles. The van der Waals surface area contributed by atoms with E-state index in [1.165, 1.54) is 19.1 Å². The molecule has 4 rings (SSSR count). The van der Waals surface area contributed by atoms with Crippen LogP contribution in [0.4, 0.5) is 5.69 Å². The van der Waals surface area contributed by atoms with Gasteiger partial charge >= 0.3 is 29.6 Å². The van der Waals surface area contributed by atoms with Crippen LogP contribution in [0.1, 0.15) is 45.7 Å². The summed E-state index contributed by atoms with van der Waals surface area (Å²) in [7, 11) is 0. The number of hydrogen-bond donors (Lipinski definition) is 2. The Kier molecular flexibility index (Phi) is 6.15. The summed E-state index contributed by atoms with van der Waals surface area (Å²) in [5.41, 5.74) is 0.112. The van der Waals surface area contributed by atoms with Crippen molar-refractivity contribution in [2.45, 2.75) is 27.1 Å². The lowest BCUT2D eigenvalue weighted by Crippen LogP contribution is -2.05. The number of fused-ring (bicyclic) bond motifs is 2. The van der Waals surface area contributed by atoms with Gasteiger partial charge in [0.2, 0.25) is 5.75 Å². The van der Waals surface area contributed by atoms with Gasteiger partial charge in [-0.3, -0.25) is 19.7 Å². The van der Waals surface area contributed by atoms with Gasteiger partial charge in [0.15, 0.2) is 17.2 Å². The number of nitro benzene ring substituents is 1. The fourth-order valence-electron chi connectivity index (χ4n) is 3.03. The zero-order chi connectivity index (χ0) is 24.4. The number of esters is 4. The molecule has 2 N–H and O–H groups in total. The van der Waals surface area contributed by atoms with E-state index in [4.69, 9.17) is 9.47 Å². The largest absolute Gasteiger partial charge is 0.504 e. The van der Waals surface area contributed by atoms with Crippen LogP contribution in [-0.2, 0) is 32.3 Å². The van der Waals surface area contributed by atoms with Gasteiger partial charge < -0.3 is 29.2 Å². The minimum Gasteiger partial charge on any atom is -0.504 e. The van der Waals surface area contributed by atoms with Crippen LogP contribution in [0.5, 0.6) is 23.0 Å². The van der Waals surface area contributed by atoms with Gasteiger partial charge in [0.05, 0.1) is 21.6 Å². The minimum atomic E-state index is -0.858. The monoisotopic (exact) mass is 461 g/mol. The molecule has 0 fully saturated rings. The van der Waals surface area contributed by atoms with Crippen LogP contribution in [0.25, 0.3) is 0 Å². The lowest BCUT2D eigenvalue weighted by Gasteiger charge is -2.06. The third kappa shape index (κ3) is 4.66. The highest BCUT2D eigenvalue weighted by molar-refractivity contribution is 5.96. The number of phenols is 2. The lowest BCUT2D eigenvalue weighted by molar-refractivity contribution is -0.386. The minimum absolute atomic E-state index is 0.0277. The first-order valence-corrected chi connectivity index (χ1v) is 9.09. The van der Waals surface area contributed by atoms with Crippen molar-refractivity contribution in [3.63, 3.8) is 0 Å². The molecule has 0 aromatic heterocycles. The van der Waals surface area contributed by atoms with Crippen molar-refractivity contribution in [3.8, 4) is 23.0 Å². The normalized spacial score (nSPS) is 13.0. The molecule has 0 amide bonds. The average Bonchev–Trinajstić information content (AvgIpc) is 3.25. The summed E-state index contributed by atoms with van der Waals surface area (Å²) in [6.45, 7) is 2.13. The number of nitro groups is 1. The third-order valence-corrected chi connectivity index (χ3v) is 4.37. The second-order valence-corrected chi connectivity index (χ2v) is 6.67. The van der Waals surface area contributed by atoms with Crippen LogP contribution in [0.15, 0.2) is 18.2 Å². The smallest absolute Gasteiger partial charge is 0.339 e. The van der Waals surface area contributed by atoms with Crippen molar-refractivity contribution in [2.75, 3.05) is 0 Å². The number of carbonyl (C=O) groups excluding carboxylic acids is 4. The van der Waals surface area contributed by atoms with Crippen LogP contribution in [-0.4, -0.2) is 39.0 Å². The van der Waals surface area contributed by atoms with Crippen molar-refractivity contribution in [1.82, 2.24) is 0 Å². The van der Waals surface area contributed by atoms with E-state index in [1.807, 2.05) is 0 Å². The average molecular weight is 461 g/mol. The van der Waals surface area contributed by atoms with Crippen LogP contribution in [0.2, 0.25) is 0 Å². The van der Waals surface area contributed by atoms with Gasteiger partial charge in [-0.05, 0) is 12.1 Å². The quantitative estimate of drug-likeness (QED) is 0.293. The molecule has 0 bridgehead atoms. The van der Waals surface area contributed by atoms with Gasteiger partial charge in [0, 0.05) is 25.5 Å². The van der Waals surface area contributed by atoms with E-state index >= 15 is 0 Å². The first-order valence-electron chi connectivity index (χ1n) is 9.09. The van der Waals surface area contributed by atoms with E-state index in [1.54, 1.807) is 0 Å². The molecule has 13 nitrogen and oxygen atoms in total. The molecule has 0 atom stereocenters. The van der Waals surface area contributed by atoms with Crippen molar-refractivity contribution < 1.29 is 53.3 Å². The molecule has 0 spiro atoms. The van der Waals surface area contributed by atoms with Gasteiger partial charge in [0.25, 0.3) is 0 Å². The van der Waals surface area contributed by atoms with E-state index in [0.717, 1.165) is 13.0 Å². The maximum absolute atomic E-state index is 11.3. The Morgan fingerprint density at radius 1 is 0.939 bits per heavy atom. The first-order chi connectivity index (χ1) is 15.5. The molecular weight excluding hydrogens is 446 g/mol. The van der Waals surface area contributed by atoms with Crippen LogP contribution in [0.3, 0.4) is 0 Å². The molecule has 0 aliphatic carbocycles. The van der Waals surface area contributed by atoms with Gasteiger partial charge in [-0.2, -0.15) is 0 Å². The molecule has 0 unspecified atom stereocenters. The Labute approximate surface area is 184 Å². The number of carbonyl (C=O) groups is 4. The Bertz CT molecular complexity index is 1220. The van der Waals surface area contributed by atoms with E-state index in [0.29, 0.717) is 11.1 Å². The number of cyclic esters (lactones) is 2. The van der Waals surface area contributed by atoms with E-state index in [2.05, 4.69) is 9.47 Å². The summed E-state index contributed by atoms with van der Waals surface area (Å²) >= 11 is 0. The maximum Gasteiger partial charge on any atom is 0.339 e. The molecule has 0 saturated carbocycles. The number of rotatable bonds is 3. The summed E-state index contributed by atoms with van der Waals surface area (Å²) in [6.07, 6.45) is 0. The molecule has 2 aromatic rings. The third-order valence-electron chi connectivity index (χ3n) is 4.37. The zero-order valence-corrected chi connectivity index (χ0v) is 17.1. The van der Waals surface area contributed by atoms with Crippen LogP contribution >= 0.6 is 0 Å². The summed E-state index contributed by atoms with van der Waals surface area (Å²) in [6, 6.07) is 3.72. The fourth-order valence-corrected chi connectivity index (χ4v) is 3.03. The van der Waals surface area contributed by atoms with Gasteiger partial charge in [-0.15, -0.1) is 0 Å². The Morgan fingerprint density at radius 2 is 1.48 bits per heavy atom. The number of aromatic hydroxyl groups is 2. The Hall–Kier alpha value is -4.68. The number of phenolic OH excluding ortho intramolecular Hbond substituents is 2.